The van der Waals surface area contributed by atoms with Gasteiger partial charge in [0.15, 0.2) is 0 Å². The van der Waals surface area contributed by atoms with E-state index < -0.39 is 0 Å². The van der Waals surface area contributed by atoms with E-state index in [4.69, 9.17) is 5.73 Å². The standard InChI is InChI=1S/C11H12N2S/c1-8-10(7-12)11(13-14-8)9-5-3-2-4-6-9/h2-6H,7,12H2,1H3. The Morgan fingerprint density at radius 2 is 2.00 bits per heavy atom. The summed E-state index contributed by atoms with van der Waals surface area (Å²) in [6.45, 7) is 2.62. The van der Waals surface area contributed by atoms with Crippen LogP contribution in [0.1, 0.15) is 10.4 Å². The summed E-state index contributed by atoms with van der Waals surface area (Å²) in [6.07, 6.45) is 0. The molecule has 0 bridgehead atoms. The van der Waals surface area contributed by atoms with E-state index in [-0.39, 0.29) is 0 Å². The number of aromatic nitrogens is 1. The van der Waals surface area contributed by atoms with Gasteiger partial charge in [0, 0.05) is 22.5 Å². The normalized spacial score (nSPS) is 10.4. The van der Waals surface area contributed by atoms with Gasteiger partial charge in [-0.25, -0.2) is 0 Å². The van der Waals surface area contributed by atoms with Gasteiger partial charge in [0.05, 0.1) is 5.69 Å². The molecule has 2 aromatic rings. The summed E-state index contributed by atoms with van der Waals surface area (Å²) < 4.78 is 4.42. The summed E-state index contributed by atoms with van der Waals surface area (Å²) in [4.78, 5) is 1.21. The zero-order chi connectivity index (χ0) is 9.97. The average Bonchev–Trinajstić information content (AvgIpc) is 2.61. The Morgan fingerprint density at radius 1 is 1.29 bits per heavy atom. The first kappa shape index (κ1) is 9.37. The number of hydrogen-bond donors (Lipinski definition) is 1. The van der Waals surface area contributed by atoms with E-state index in [1.807, 2.05) is 18.2 Å². The fourth-order valence-corrected chi connectivity index (χ4v) is 2.19. The molecule has 2 N–H and O–H groups in total. The average molecular weight is 204 g/mol. The van der Waals surface area contributed by atoms with Crippen LogP contribution in [-0.2, 0) is 6.54 Å². The molecule has 0 spiro atoms. The van der Waals surface area contributed by atoms with Crippen molar-refractivity contribution in [1.82, 2.24) is 4.37 Å². The molecule has 0 aliphatic rings. The van der Waals surface area contributed by atoms with Crippen LogP contribution in [0.3, 0.4) is 0 Å². The third-order valence-electron chi connectivity index (χ3n) is 2.24. The minimum atomic E-state index is 0.562. The molecule has 0 saturated heterocycles. The lowest BCUT2D eigenvalue weighted by atomic mass is 10.1. The van der Waals surface area contributed by atoms with Crippen molar-refractivity contribution in [3.05, 3.63) is 40.8 Å². The van der Waals surface area contributed by atoms with E-state index in [2.05, 4.69) is 23.4 Å². The third-order valence-corrected chi connectivity index (χ3v) is 3.03. The molecule has 0 unspecified atom stereocenters. The highest BCUT2D eigenvalue weighted by Crippen LogP contribution is 2.26. The largest absolute Gasteiger partial charge is 0.326 e. The highest BCUT2D eigenvalue weighted by atomic mass is 32.1. The Balaban J connectivity index is 2.52. The molecule has 2 rings (SSSR count). The SMILES string of the molecule is Cc1snc(-c2ccccc2)c1CN. The van der Waals surface area contributed by atoms with E-state index in [1.54, 1.807) is 0 Å². The van der Waals surface area contributed by atoms with Crippen molar-refractivity contribution in [2.24, 2.45) is 5.73 Å². The van der Waals surface area contributed by atoms with Crippen molar-refractivity contribution in [1.29, 1.82) is 0 Å². The maximum absolute atomic E-state index is 5.70. The predicted molar refractivity (Wildman–Crippen MR) is 60.2 cm³/mol. The second-order valence-corrected chi connectivity index (χ2v) is 4.11. The summed E-state index contributed by atoms with van der Waals surface area (Å²) in [5.74, 6) is 0. The number of rotatable bonds is 2. The number of nitrogens with zero attached hydrogens (tertiary/aromatic N) is 1. The van der Waals surface area contributed by atoms with Gasteiger partial charge in [0.2, 0.25) is 0 Å². The van der Waals surface area contributed by atoms with Gasteiger partial charge in [-0.05, 0) is 18.5 Å². The first-order chi connectivity index (χ1) is 6.83. The van der Waals surface area contributed by atoms with E-state index in [0.29, 0.717) is 6.54 Å². The lowest BCUT2D eigenvalue weighted by molar-refractivity contribution is 1.06. The summed E-state index contributed by atoms with van der Waals surface area (Å²) in [5.41, 5.74) is 9.06. The second kappa shape index (κ2) is 3.90. The summed E-state index contributed by atoms with van der Waals surface area (Å²) in [5, 5.41) is 0. The van der Waals surface area contributed by atoms with Gasteiger partial charge in [-0.2, -0.15) is 4.37 Å². The molecule has 0 saturated carbocycles. The molecule has 0 atom stereocenters. The zero-order valence-corrected chi connectivity index (χ0v) is 8.84. The molecule has 2 nitrogen and oxygen atoms in total. The molecular weight excluding hydrogens is 192 g/mol. The number of hydrogen-bond acceptors (Lipinski definition) is 3. The Morgan fingerprint density at radius 3 is 2.64 bits per heavy atom. The van der Waals surface area contributed by atoms with Crippen LogP contribution < -0.4 is 5.73 Å². The van der Waals surface area contributed by atoms with Gasteiger partial charge < -0.3 is 5.73 Å². The highest BCUT2D eigenvalue weighted by molar-refractivity contribution is 7.06. The van der Waals surface area contributed by atoms with Gasteiger partial charge >= 0.3 is 0 Å². The number of nitrogens with two attached hydrogens (primary N) is 1. The van der Waals surface area contributed by atoms with Crippen molar-refractivity contribution in [2.75, 3.05) is 0 Å². The van der Waals surface area contributed by atoms with E-state index in [0.717, 1.165) is 11.3 Å². The van der Waals surface area contributed by atoms with Crippen molar-refractivity contribution in [3.63, 3.8) is 0 Å². The first-order valence-electron chi connectivity index (χ1n) is 4.53. The molecule has 0 aliphatic heterocycles. The van der Waals surface area contributed by atoms with E-state index in [9.17, 15) is 0 Å². The van der Waals surface area contributed by atoms with Gasteiger partial charge in [0.25, 0.3) is 0 Å². The number of aryl methyl sites for hydroxylation is 1. The van der Waals surface area contributed by atoms with Crippen molar-refractivity contribution >= 4 is 11.5 Å². The minimum absolute atomic E-state index is 0.562. The van der Waals surface area contributed by atoms with Crippen molar-refractivity contribution in [2.45, 2.75) is 13.5 Å². The lowest BCUT2D eigenvalue weighted by Gasteiger charge is -2.00. The van der Waals surface area contributed by atoms with E-state index >= 15 is 0 Å². The van der Waals surface area contributed by atoms with Gasteiger partial charge in [-0.1, -0.05) is 30.3 Å². The fourth-order valence-electron chi connectivity index (χ4n) is 1.45. The second-order valence-electron chi connectivity index (χ2n) is 3.14. The Kier molecular flexibility index (Phi) is 2.61. The fraction of sp³-hybridized carbons (Fsp3) is 0.182. The summed E-state index contributed by atoms with van der Waals surface area (Å²) in [6, 6.07) is 10.2. The van der Waals surface area contributed by atoms with Crippen LogP contribution in [0.5, 0.6) is 0 Å². The molecular formula is C11H12N2S. The molecule has 1 aromatic carbocycles. The van der Waals surface area contributed by atoms with Gasteiger partial charge in [0.1, 0.15) is 0 Å². The lowest BCUT2D eigenvalue weighted by Crippen LogP contribution is -1.98. The summed E-state index contributed by atoms with van der Waals surface area (Å²) in [7, 11) is 0. The molecule has 0 aliphatic carbocycles. The molecule has 1 heterocycles. The highest BCUT2D eigenvalue weighted by Gasteiger charge is 2.09. The van der Waals surface area contributed by atoms with Crippen molar-refractivity contribution < 1.29 is 0 Å². The predicted octanol–water partition coefficient (Wildman–Crippen LogP) is 2.58. The molecule has 72 valence electrons. The van der Waals surface area contributed by atoms with Crippen LogP contribution in [0, 0.1) is 6.92 Å². The van der Waals surface area contributed by atoms with Gasteiger partial charge in [-0.3, -0.25) is 0 Å². The first-order valence-corrected chi connectivity index (χ1v) is 5.31. The molecule has 0 fully saturated rings. The van der Waals surface area contributed by atoms with Crippen molar-refractivity contribution in [3.8, 4) is 11.3 Å². The molecule has 0 radical (unpaired) electrons. The zero-order valence-electron chi connectivity index (χ0n) is 8.03. The van der Waals surface area contributed by atoms with Crippen LogP contribution in [0.15, 0.2) is 30.3 Å². The van der Waals surface area contributed by atoms with Crippen LogP contribution in [0.4, 0.5) is 0 Å². The van der Waals surface area contributed by atoms with Gasteiger partial charge in [-0.15, -0.1) is 0 Å². The number of benzene rings is 1. The van der Waals surface area contributed by atoms with Crippen LogP contribution in [0.25, 0.3) is 11.3 Å². The molecule has 3 heteroatoms. The third kappa shape index (κ3) is 1.56. The maximum Gasteiger partial charge on any atom is 0.0888 e. The summed E-state index contributed by atoms with van der Waals surface area (Å²) >= 11 is 1.52. The minimum Gasteiger partial charge on any atom is -0.326 e. The quantitative estimate of drug-likeness (QED) is 0.816. The van der Waals surface area contributed by atoms with Crippen LogP contribution >= 0.6 is 11.5 Å². The smallest absolute Gasteiger partial charge is 0.0888 e. The van der Waals surface area contributed by atoms with Crippen LogP contribution in [0.2, 0.25) is 0 Å². The Bertz CT molecular complexity index is 420. The Hall–Kier alpha value is -1.19. The molecule has 0 amide bonds. The molecule has 14 heavy (non-hydrogen) atoms. The van der Waals surface area contributed by atoms with E-state index in [1.165, 1.54) is 22.0 Å². The monoisotopic (exact) mass is 204 g/mol. The maximum atomic E-state index is 5.70. The molecule has 1 aromatic heterocycles. The van der Waals surface area contributed by atoms with Crippen LogP contribution in [-0.4, -0.2) is 4.37 Å². The Labute approximate surface area is 87.6 Å². The topological polar surface area (TPSA) is 38.9 Å².